The smallest absolute Gasteiger partial charge is 0.245 e. The molecule has 19 N–H and O–H groups in total. The molecular weight excluding hydrogens is 965 g/mol. The highest BCUT2D eigenvalue weighted by Gasteiger charge is 2.35. The topological polar surface area (TPSA) is 410 Å². The Hall–Kier alpha value is -6.52. The van der Waals surface area contributed by atoms with Crippen LogP contribution in [-0.2, 0) is 44.8 Å². The van der Waals surface area contributed by atoms with E-state index in [9.17, 15) is 43.5 Å². The first-order valence-electron chi connectivity index (χ1n) is 26.9. The SMILES string of the molecule is CCCCCCCCCCCCCCCCCC(=O)N[C@H](C(=O)N[C@@H](CCCN=C(N)N)C(=O)N[C@@H](Cc1ccccc1)C(=O)N[C@H](C(=O)N[C@@H](CCCN=C(N)N)C(=O)N[C@@H](CC(N)=O)C(N)=O)[C@@H](C)O)C(C)C. The molecule has 0 heterocycles. The van der Waals surface area contributed by atoms with Gasteiger partial charge in [0.1, 0.15) is 36.3 Å². The molecule has 0 unspecified atom stereocenters. The summed E-state index contributed by atoms with van der Waals surface area (Å²) in [6.07, 6.45) is 16.0. The van der Waals surface area contributed by atoms with Gasteiger partial charge in [-0.1, -0.05) is 141 Å². The van der Waals surface area contributed by atoms with Crippen LogP contribution in [0.1, 0.15) is 168 Å². The molecule has 0 aliphatic heterocycles. The fourth-order valence-corrected chi connectivity index (χ4v) is 8.19. The quantitative estimate of drug-likeness (QED) is 0.0246. The van der Waals surface area contributed by atoms with E-state index in [1.165, 1.54) is 77.6 Å². The van der Waals surface area contributed by atoms with Crippen LogP contribution in [0.5, 0.6) is 0 Å². The number of primary amides is 2. The Kier molecular flexibility index (Phi) is 34.6. The lowest BCUT2D eigenvalue weighted by molar-refractivity contribution is -0.137. The lowest BCUT2D eigenvalue weighted by Gasteiger charge is -2.29. The summed E-state index contributed by atoms with van der Waals surface area (Å²) in [5.74, 6) is -7.40. The summed E-state index contributed by atoms with van der Waals surface area (Å²) in [5, 5.41) is 26.4. The van der Waals surface area contributed by atoms with Crippen LogP contribution in [0.25, 0.3) is 0 Å². The van der Waals surface area contributed by atoms with Crippen molar-refractivity contribution < 1.29 is 43.5 Å². The molecule has 0 saturated carbocycles. The first-order chi connectivity index (χ1) is 35.7. The highest BCUT2D eigenvalue weighted by molar-refractivity contribution is 5.98. The molecule has 23 nitrogen and oxygen atoms in total. The molecule has 0 fully saturated rings. The largest absolute Gasteiger partial charge is 0.391 e. The molecule has 1 rings (SSSR count). The molecule has 424 valence electrons. The molecule has 0 saturated heterocycles. The minimum atomic E-state index is -1.72. The van der Waals surface area contributed by atoms with Crippen molar-refractivity contribution in [3.8, 4) is 0 Å². The van der Waals surface area contributed by atoms with E-state index in [1.54, 1.807) is 44.2 Å². The number of hydrogen-bond acceptors (Lipinski definition) is 11. The number of carbonyl (C=O) groups is 8. The standard InChI is InChI=1S/C52H92N14O9/c1-5-6-7-8-9-10-11-12-13-14-15-16-17-18-22-29-42(69)65-43(34(2)3)49(74)61-38(28-24-31-60-52(57)58)47(72)64-40(32-36-25-20-19-21-26-36)48(73)66-44(35(4)67)50(75)62-37(27-23-30-59-51(55)56)46(71)63-39(45(54)70)33-41(53)68/h19-21,25-26,34-35,37-40,43-44,67H,5-18,22-24,27-33H2,1-4H3,(H2,53,68)(H2,54,70)(H,61,74)(H,62,75)(H,63,71)(H,64,72)(H,65,69)(H,66,73)(H4,55,56,59)(H4,57,58,60)/t35-,37+,38+,39+,40+,43+,44+/m1/s1. The molecule has 7 atom stereocenters. The first kappa shape index (κ1) is 66.5. The van der Waals surface area contributed by atoms with Crippen LogP contribution in [-0.4, -0.2) is 120 Å². The van der Waals surface area contributed by atoms with Crippen LogP contribution in [0.3, 0.4) is 0 Å². The Balaban J connectivity index is 3.21. The summed E-state index contributed by atoms with van der Waals surface area (Å²) in [6.45, 7) is 7.12. The van der Waals surface area contributed by atoms with Gasteiger partial charge in [-0.2, -0.15) is 0 Å². The number of benzene rings is 1. The molecule has 1 aromatic rings. The molecule has 8 amide bonds. The van der Waals surface area contributed by atoms with E-state index in [0.717, 1.165) is 19.3 Å². The van der Waals surface area contributed by atoms with Gasteiger partial charge in [0.05, 0.1) is 12.5 Å². The molecular formula is C52H92N14O9. The van der Waals surface area contributed by atoms with Gasteiger partial charge in [-0.25, -0.2) is 0 Å². The van der Waals surface area contributed by atoms with Crippen molar-refractivity contribution in [3.05, 3.63) is 35.9 Å². The predicted molar refractivity (Wildman–Crippen MR) is 291 cm³/mol. The average molecular weight is 1060 g/mol. The summed E-state index contributed by atoms with van der Waals surface area (Å²) in [7, 11) is 0. The third-order valence-electron chi connectivity index (χ3n) is 12.5. The molecule has 0 aromatic heterocycles. The zero-order chi connectivity index (χ0) is 56.1. The number of nitrogens with one attached hydrogen (secondary N) is 6. The molecule has 0 bridgehead atoms. The van der Waals surface area contributed by atoms with Crippen LogP contribution >= 0.6 is 0 Å². The fraction of sp³-hybridized carbons (Fsp3) is 0.692. The lowest BCUT2D eigenvalue weighted by atomic mass is 10.0. The van der Waals surface area contributed by atoms with Crippen LogP contribution in [0.15, 0.2) is 40.3 Å². The van der Waals surface area contributed by atoms with Crippen LogP contribution in [0.2, 0.25) is 0 Å². The van der Waals surface area contributed by atoms with E-state index >= 15 is 0 Å². The van der Waals surface area contributed by atoms with Crippen molar-refractivity contribution in [1.82, 2.24) is 31.9 Å². The van der Waals surface area contributed by atoms with E-state index in [2.05, 4.69) is 48.8 Å². The maximum absolute atomic E-state index is 14.3. The third-order valence-corrected chi connectivity index (χ3v) is 12.5. The second-order valence-corrected chi connectivity index (χ2v) is 19.6. The summed E-state index contributed by atoms with van der Waals surface area (Å²) in [4.78, 5) is 115. The minimum Gasteiger partial charge on any atom is -0.391 e. The van der Waals surface area contributed by atoms with E-state index in [4.69, 9.17) is 34.4 Å². The Labute approximate surface area is 443 Å². The number of carbonyl (C=O) groups excluding carboxylic acids is 8. The number of amides is 8. The van der Waals surface area contributed by atoms with Crippen molar-refractivity contribution in [3.63, 3.8) is 0 Å². The molecule has 1 aromatic carbocycles. The van der Waals surface area contributed by atoms with Gasteiger partial charge in [0.2, 0.25) is 47.3 Å². The van der Waals surface area contributed by atoms with Crippen molar-refractivity contribution in [2.24, 2.45) is 50.3 Å². The number of nitrogens with zero attached hydrogens (tertiary/aromatic N) is 2. The Bertz CT molecular complexity index is 1940. The maximum Gasteiger partial charge on any atom is 0.245 e. The minimum absolute atomic E-state index is 0.00725. The van der Waals surface area contributed by atoms with Crippen molar-refractivity contribution in [2.45, 2.75) is 211 Å². The summed E-state index contributed by atoms with van der Waals surface area (Å²) < 4.78 is 0. The van der Waals surface area contributed by atoms with E-state index < -0.39 is 90.1 Å². The van der Waals surface area contributed by atoms with Gasteiger partial charge >= 0.3 is 0 Å². The molecule has 0 aliphatic carbocycles. The second-order valence-electron chi connectivity index (χ2n) is 19.6. The lowest BCUT2D eigenvalue weighted by Crippen LogP contribution is -2.62. The van der Waals surface area contributed by atoms with Crippen molar-refractivity contribution in [1.29, 1.82) is 0 Å². The second kappa shape index (κ2) is 39.0. The number of rotatable bonds is 42. The highest BCUT2D eigenvalue weighted by Crippen LogP contribution is 2.15. The van der Waals surface area contributed by atoms with Crippen LogP contribution in [0.4, 0.5) is 0 Å². The first-order valence-corrected chi connectivity index (χ1v) is 26.9. The van der Waals surface area contributed by atoms with Gasteiger partial charge in [-0.05, 0) is 50.5 Å². The molecule has 0 aliphatic rings. The van der Waals surface area contributed by atoms with Crippen LogP contribution < -0.4 is 66.3 Å². The van der Waals surface area contributed by atoms with E-state index in [0.29, 0.717) is 12.0 Å². The zero-order valence-corrected chi connectivity index (χ0v) is 45.0. The fourth-order valence-electron chi connectivity index (χ4n) is 8.19. The number of hydrogen-bond donors (Lipinski definition) is 13. The molecule has 75 heavy (non-hydrogen) atoms. The number of aliphatic imine (C=N–C) groups is 2. The van der Waals surface area contributed by atoms with Crippen LogP contribution in [0, 0.1) is 5.92 Å². The molecule has 0 spiro atoms. The number of aliphatic hydroxyl groups is 1. The molecule has 0 radical (unpaired) electrons. The van der Waals surface area contributed by atoms with Crippen molar-refractivity contribution in [2.75, 3.05) is 13.1 Å². The number of aliphatic hydroxyl groups excluding tert-OH is 1. The summed E-state index contributed by atoms with van der Waals surface area (Å²) in [5.41, 5.74) is 33.1. The van der Waals surface area contributed by atoms with Gasteiger partial charge in [-0.3, -0.25) is 48.3 Å². The summed E-state index contributed by atoms with van der Waals surface area (Å²) in [6, 6.07) is 0.241. The third kappa shape index (κ3) is 31.1. The maximum atomic E-state index is 14.3. The predicted octanol–water partition coefficient (Wildman–Crippen LogP) is 0.904. The van der Waals surface area contributed by atoms with Gasteiger partial charge in [0.15, 0.2) is 11.9 Å². The number of guanidine groups is 2. The Morgan fingerprint density at radius 3 is 1.32 bits per heavy atom. The van der Waals surface area contributed by atoms with Gasteiger partial charge in [-0.15, -0.1) is 0 Å². The number of nitrogens with two attached hydrogens (primary N) is 6. The molecule has 23 heteroatoms. The van der Waals surface area contributed by atoms with Gasteiger partial charge in [0, 0.05) is 25.9 Å². The van der Waals surface area contributed by atoms with Gasteiger partial charge in [0.25, 0.3) is 0 Å². The average Bonchev–Trinajstić information content (AvgIpc) is 3.34. The van der Waals surface area contributed by atoms with E-state index in [-0.39, 0.29) is 75.4 Å². The normalized spacial score (nSPS) is 13.8. The van der Waals surface area contributed by atoms with E-state index in [1.807, 2.05) is 0 Å². The highest BCUT2D eigenvalue weighted by atomic mass is 16.3. The zero-order valence-electron chi connectivity index (χ0n) is 45.0. The Morgan fingerprint density at radius 2 is 0.907 bits per heavy atom. The summed E-state index contributed by atoms with van der Waals surface area (Å²) >= 11 is 0. The van der Waals surface area contributed by atoms with Crippen molar-refractivity contribution >= 4 is 59.2 Å². The monoisotopic (exact) mass is 1060 g/mol. The Morgan fingerprint density at radius 1 is 0.493 bits per heavy atom. The van der Waals surface area contributed by atoms with Gasteiger partial charge < -0.3 is 71.4 Å². The number of unbranched alkanes of at least 4 members (excludes halogenated alkanes) is 14.